The van der Waals surface area contributed by atoms with E-state index in [1.54, 1.807) is 0 Å². The summed E-state index contributed by atoms with van der Waals surface area (Å²) in [5, 5.41) is 0. The molecule has 0 rings (SSSR count). The Kier molecular flexibility index (Phi) is 10.2. The summed E-state index contributed by atoms with van der Waals surface area (Å²) >= 11 is -3.62. The first-order valence-corrected chi connectivity index (χ1v) is 11.1. The van der Waals surface area contributed by atoms with Gasteiger partial charge in [-0.2, -0.15) is 78.9 Å². The van der Waals surface area contributed by atoms with Crippen molar-refractivity contribution in [2.45, 2.75) is 60.7 Å². The van der Waals surface area contributed by atoms with E-state index in [-0.39, 0.29) is 0 Å². The highest BCUT2D eigenvalue weighted by molar-refractivity contribution is 7.76. The Morgan fingerprint density at radius 1 is 0.711 bits per heavy atom. The van der Waals surface area contributed by atoms with Crippen LogP contribution in [0, 0.1) is 0 Å². The van der Waals surface area contributed by atoms with Crippen LogP contribution in [0.1, 0.15) is 6.92 Å². The molecular weight excluding hydrogens is 640 g/mol. The van der Waals surface area contributed by atoms with Gasteiger partial charge in [-0.15, -0.1) is 0 Å². The van der Waals surface area contributed by atoms with Crippen molar-refractivity contribution in [1.29, 1.82) is 0 Å². The van der Waals surface area contributed by atoms with Gasteiger partial charge in [0.05, 0.1) is 0 Å². The summed E-state index contributed by atoms with van der Waals surface area (Å²) in [6.45, 7) is -2.91. The van der Waals surface area contributed by atoms with E-state index in [1.807, 2.05) is 0 Å². The maximum Gasteiger partial charge on any atom is 0.470 e. The largest absolute Gasteiger partial charge is 0.470 e. The molecule has 230 valence electrons. The molecule has 0 amide bonds. The van der Waals surface area contributed by atoms with Crippen molar-refractivity contribution in [2.75, 3.05) is 13.1 Å². The molecule has 0 aliphatic rings. The second kappa shape index (κ2) is 10.4. The van der Waals surface area contributed by atoms with Gasteiger partial charge in [0, 0.05) is 13.1 Å². The molecule has 3 N–H and O–H groups in total. The van der Waals surface area contributed by atoms with Crippen molar-refractivity contribution < 1.29 is 102 Å². The van der Waals surface area contributed by atoms with Crippen molar-refractivity contribution in [1.82, 2.24) is 4.31 Å². The van der Waals surface area contributed by atoms with Crippen molar-refractivity contribution in [3.8, 4) is 0 Å². The lowest BCUT2D eigenvalue weighted by atomic mass is 9.87. The second-order valence-corrected chi connectivity index (χ2v) is 9.03. The number of phosphoric acid groups is 1. The molecule has 26 heteroatoms. The van der Waals surface area contributed by atoms with Gasteiger partial charge in [0.25, 0.3) is 0 Å². The molecule has 0 aliphatic carbocycles. The summed E-state index contributed by atoms with van der Waals surface area (Å²) < 4.78 is 260. The van der Waals surface area contributed by atoms with Crippen molar-refractivity contribution in [2.24, 2.45) is 0 Å². The molecule has 0 aromatic rings. The van der Waals surface area contributed by atoms with E-state index in [1.165, 1.54) is 0 Å². The van der Waals surface area contributed by atoms with E-state index in [2.05, 4.69) is 4.52 Å². The van der Waals surface area contributed by atoms with Gasteiger partial charge in [0.2, 0.25) is 11.3 Å². The summed E-state index contributed by atoms with van der Waals surface area (Å²) in [4.78, 5) is 17.0. The van der Waals surface area contributed by atoms with E-state index in [0.29, 0.717) is 6.92 Å². The highest BCUT2D eigenvalue weighted by Gasteiger charge is 2.95. The monoisotopic (exact) mass is 651 g/mol. The van der Waals surface area contributed by atoms with E-state index in [9.17, 15) is 83.4 Å². The molecular formula is C12H11F17NO6PS. The first kappa shape index (κ1) is 37.0. The van der Waals surface area contributed by atoms with Gasteiger partial charge in [0.1, 0.15) is 0 Å². The Morgan fingerprint density at radius 3 is 1.29 bits per heavy atom. The Morgan fingerprint density at radius 2 is 1.03 bits per heavy atom. The zero-order chi connectivity index (χ0) is 31.4. The lowest BCUT2D eigenvalue weighted by Crippen LogP contribution is -2.75. The van der Waals surface area contributed by atoms with Gasteiger partial charge in [-0.25, -0.2) is 8.77 Å². The predicted octanol–water partition coefficient (Wildman–Crippen LogP) is 4.93. The third-order valence-electron chi connectivity index (χ3n) is 4.36. The normalized spacial score (nSPS) is 17.6. The van der Waals surface area contributed by atoms with Crippen LogP contribution >= 0.6 is 7.82 Å². The van der Waals surface area contributed by atoms with Crippen LogP contribution in [0.2, 0.25) is 0 Å². The van der Waals surface area contributed by atoms with Gasteiger partial charge in [-0.05, 0) is 0 Å². The molecule has 0 aromatic carbocycles. The van der Waals surface area contributed by atoms with Gasteiger partial charge in [-0.3, -0.25) is 9.08 Å². The topological polar surface area (TPSA) is 107 Å². The smallest absolute Gasteiger partial charge is 0.303 e. The summed E-state index contributed by atoms with van der Waals surface area (Å²) in [5.41, 5.74) is 0. The molecule has 38 heavy (non-hydrogen) atoms. The van der Waals surface area contributed by atoms with Crippen LogP contribution in [0.4, 0.5) is 74.6 Å². The lowest BCUT2D eigenvalue weighted by molar-refractivity contribution is -0.463. The Hall–Kier alpha value is -1.01. The summed E-state index contributed by atoms with van der Waals surface area (Å²) in [5.74, 6) is -59.3. The number of hydrogen-bond acceptors (Lipinski definition) is 3. The second-order valence-electron chi connectivity index (χ2n) is 6.86. The lowest BCUT2D eigenvalue weighted by Gasteiger charge is -2.44. The summed E-state index contributed by atoms with van der Waals surface area (Å²) in [7, 11) is -6.62. The van der Waals surface area contributed by atoms with Gasteiger partial charge < -0.3 is 9.79 Å². The number of phosphoric ester groups is 1. The first-order chi connectivity index (χ1) is 16.2. The first-order valence-electron chi connectivity index (χ1n) is 8.53. The van der Waals surface area contributed by atoms with Crippen molar-refractivity contribution >= 4 is 19.1 Å². The SMILES string of the molecule is CCN(CC(OP(=O)(O)O)C(F)(F)C(F)(F)C(F)(F)C(F)(F)C(F)(F)C(F)(F)C(F)(F)C(F)(F)F)S(=O)O. The maximum absolute atomic E-state index is 14.3. The van der Waals surface area contributed by atoms with E-state index < -0.39 is 90.2 Å². The van der Waals surface area contributed by atoms with E-state index in [0.717, 1.165) is 0 Å². The quantitative estimate of drug-likeness (QED) is 0.148. The van der Waals surface area contributed by atoms with Crippen LogP contribution in [-0.4, -0.2) is 89.7 Å². The van der Waals surface area contributed by atoms with Crippen LogP contribution in [-0.2, 0) is 20.4 Å². The Labute approximate surface area is 200 Å². The van der Waals surface area contributed by atoms with Crippen molar-refractivity contribution in [3.05, 3.63) is 0 Å². The van der Waals surface area contributed by atoms with E-state index in [4.69, 9.17) is 14.3 Å². The van der Waals surface area contributed by atoms with Crippen LogP contribution in [0.25, 0.3) is 0 Å². The Balaban J connectivity index is 7.09. The maximum atomic E-state index is 14.3. The van der Waals surface area contributed by atoms with Gasteiger partial charge in [0.15, 0.2) is 6.10 Å². The number of halogens is 17. The van der Waals surface area contributed by atoms with Crippen LogP contribution in [0.3, 0.4) is 0 Å². The number of likely N-dealkylation sites (N-methyl/N-ethyl adjacent to an activating group) is 1. The number of alkyl halides is 17. The molecule has 0 heterocycles. The molecule has 2 atom stereocenters. The van der Waals surface area contributed by atoms with Crippen LogP contribution in [0.15, 0.2) is 0 Å². The summed E-state index contributed by atoms with van der Waals surface area (Å²) in [6.07, 6.45) is -12.6. The molecule has 0 radical (unpaired) electrons. The van der Waals surface area contributed by atoms with Gasteiger partial charge >= 0.3 is 55.5 Å². The zero-order valence-electron chi connectivity index (χ0n) is 17.3. The highest BCUT2D eigenvalue weighted by Crippen LogP contribution is 2.64. The number of hydrogen-bond donors (Lipinski definition) is 3. The fraction of sp³-hybridized carbons (Fsp3) is 1.00. The molecule has 0 spiro atoms. The number of rotatable bonds is 13. The molecule has 0 bridgehead atoms. The minimum atomic E-state index is -8.91. The minimum Gasteiger partial charge on any atom is -0.303 e. The predicted molar refractivity (Wildman–Crippen MR) is 85.6 cm³/mol. The third-order valence-corrected chi connectivity index (χ3v) is 5.74. The molecule has 0 aromatic heterocycles. The van der Waals surface area contributed by atoms with E-state index >= 15 is 0 Å². The fourth-order valence-electron chi connectivity index (χ4n) is 2.25. The molecule has 0 saturated carbocycles. The molecule has 7 nitrogen and oxygen atoms in total. The Bertz CT molecular complexity index is 922. The average molecular weight is 651 g/mol. The van der Waals surface area contributed by atoms with Crippen molar-refractivity contribution in [3.63, 3.8) is 0 Å². The molecule has 0 fully saturated rings. The zero-order valence-corrected chi connectivity index (χ0v) is 19.0. The number of nitrogens with zero attached hydrogens (tertiary/aromatic N) is 1. The van der Waals surface area contributed by atoms with Gasteiger partial charge in [-0.1, -0.05) is 6.92 Å². The van der Waals surface area contributed by atoms with Crippen LogP contribution in [0.5, 0.6) is 0 Å². The summed E-state index contributed by atoms with van der Waals surface area (Å²) in [6, 6.07) is 0. The fourth-order valence-corrected chi connectivity index (χ4v) is 3.26. The standard InChI is InChI=1S/C12H11F17NO6PS/c1-2-30(38(34)35)3-4(36-37(31,32)33)5(13,14)6(15,16)7(17,18)8(19,20)9(21,22)10(23,24)11(25,26)12(27,28)29/h4H,2-3H2,1H3,(H,34,35)(H2,31,32,33). The van der Waals surface area contributed by atoms with Crippen LogP contribution < -0.4 is 0 Å². The molecule has 0 aliphatic heterocycles. The highest BCUT2D eigenvalue weighted by atomic mass is 32.2. The molecule has 0 saturated heterocycles. The molecule has 2 unspecified atom stereocenters. The average Bonchev–Trinajstić information content (AvgIpc) is 2.67. The minimum absolute atomic E-state index is 0.479. The third kappa shape index (κ3) is 5.87.